The molecule has 1 heterocycles. The molecule has 1 atom stereocenters. The summed E-state index contributed by atoms with van der Waals surface area (Å²) < 4.78 is 4.63. The normalized spacial score (nSPS) is 18.5. The average molecular weight is 255 g/mol. The molecule has 1 aromatic carbocycles. The van der Waals surface area contributed by atoms with Crippen molar-refractivity contribution in [2.24, 2.45) is 0 Å². The van der Waals surface area contributed by atoms with Crippen LogP contribution in [0.1, 0.15) is 5.56 Å². The zero-order valence-electron chi connectivity index (χ0n) is 9.12. The Morgan fingerprint density at radius 3 is 2.94 bits per heavy atom. The third kappa shape index (κ3) is 2.68. The van der Waals surface area contributed by atoms with E-state index in [-0.39, 0.29) is 12.5 Å². The highest BCUT2D eigenvalue weighted by atomic mass is 35.5. The Morgan fingerprint density at radius 1 is 1.59 bits per heavy atom. The highest BCUT2D eigenvalue weighted by Crippen LogP contribution is 2.20. The number of ether oxygens (including phenoxy) is 1. The predicted molar refractivity (Wildman–Crippen MR) is 63.1 cm³/mol. The molecule has 1 saturated heterocycles. The first kappa shape index (κ1) is 11.7. The zero-order chi connectivity index (χ0) is 12.4. The lowest BCUT2D eigenvalue weighted by Crippen LogP contribution is -2.38. The third-order valence-corrected chi connectivity index (χ3v) is 2.84. The lowest BCUT2D eigenvalue weighted by Gasteiger charge is -2.09. The van der Waals surface area contributed by atoms with Crippen LogP contribution in [0.5, 0.6) is 0 Å². The molecular formula is C11H11ClN2O3. The molecule has 1 unspecified atom stereocenters. The Morgan fingerprint density at radius 2 is 2.35 bits per heavy atom. The maximum atomic E-state index is 11.7. The van der Waals surface area contributed by atoms with Gasteiger partial charge in [-0.05, 0) is 24.6 Å². The number of aryl methyl sites for hydroxylation is 1. The maximum absolute atomic E-state index is 11.7. The molecule has 90 valence electrons. The van der Waals surface area contributed by atoms with Gasteiger partial charge in [0.2, 0.25) is 0 Å². The van der Waals surface area contributed by atoms with Gasteiger partial charge >= 0.3 is 6.09 Å². The Balaban J connectivity index is 2.03. The topological polar surface area (TPSA) is 67.4 Å². The largest absolute Gasteiger partial charge is 0.447 e. The van der Waals surface area contributed by atoms with Crippen molar-refractivity contribution < 1.29 is 14.3 Å². The van der Waals surface area contributed by atoms with Gasteiger partial charge in [0.25, 0.3) is 5.91 Å². The second-order valence-electron chi connectivity index (χ2n) is 3.75. The number of cyclic esters (lactones) is 1. The molecule has 0 bridgehead atoms. The molecule has 0 saturated carbocycles. The van der Waals surface area contributed by atoms with E-state index < -0.39 is 12.1 Å². The number of nitrogens with one attached hydrogen (secondary N) is 2. The number of hydrogen-bond donors (Lipinski definition) is 2. The first-order chi connectivity index (χ1) is 8.06. The average Bonchev–Trinajstić information content (AvgIpc) is 2.70. The molecule has 2 rings (SSSR count). The molecule has 0 radical (unpaired) electrons. The Labute approximate surface area is 103 Å². The van der Waals surface area contributed by atoms with Crippen molar-refractivity contribution in [3.63, 3.8) is 0 Å². The number of hydrogen-bond acceptors (Lipinski definition) is 3. The van der Waals surface area contributed by atoms with Gasteiger partial charge in [-0.15, -0.1) is 0 Å². The predicted octanol–water partition coefficient (Wildman–Crippen LogP) is 1.70. The number of halogens is 1. The van der Waals surface area contributed by atoms with Crippen LogP contribution in [0.25, 0.3) is 0 Å². The van der Waals surface area contributed by atoms with E-state index in [9.17, 15) is 9.59 Å². The minimum atomic E-state index is -0.650. The smallest absolute Gasteiger partial charge is 0.407 e. The summed E-state index contributed by atoms with van der Waals surface area (Å²) in [5.41, 5.74) is 1.52. The second-order valence-corrected chi connectivity index (χ2v) is 4.16. The fraction of sp³-hybridized carbons (Fsp3) is 0.273. The lowest BCUT2D eigenvalue weighted by molar-refractivity contribution is -0.117. The summed E-state index contributed by atoms with van der Waals surface area (Å²) in [6, 6.07) is 4.56. The summed E-state index contributed by atoms with van der Waals surface area (Å²) in [7, 11) is 0. The fourth-order valence-electron chi connectivity index (χ4n) is 1.43. The van der Waals surface area contributed by atoms with Gasteiger partial charge in [-0.1, -0.05) is 17.7 Å². The molecule has 5 nitrogen and oxygen atoms in total. The second kappa shape index (κ2) is 4.63. The zero-order valence-corrected chi connectivity index (χ0v) is 9.88. The van der Waals surface area contributed by atoms with Crippen molar-refractivity contribution in [2.75, 3.05) is 11.9 Å². The minimum absolute atomic E-state index is 0.0459. The molecule has 0 aliphatic carbocycles. The van der Waals surface area contributed by atoms with E-state index >= 15 is 0 Å². The summed E-state index contributed by atoms with van der Waals surface area (Å²) in [4.78, 5) is 22.5. The van der Waals surface area contributed by atoms with E-state index in [1.807, 2.05) is 13.0 Å². The van der Waals surface area contributed by atoms with Crippen molar-refractivity contribution in [1.29, 1.82) is 0 Å². The van der Waals surface area contributed by atoms with Gasteiger partial charge in [-0.3, -0.25) is 4.79 Å². The van der Waals surface area contributed by atoms with Crippen LogP contribution in [0.15, 0.2) is 18.2 Å². The summed E-state index contributed by atoms with van der Waals surface area (Å²) >= 11 is 5.93. The van der Waals surface area contributed by atoms with Crippen LogP contribution in [-0.4, -0.2) is 24.6 Å². The molecule has 1 aliphatic rings. The first-order valence-electron chi connectivity index (χ1n) is 5.06. The minimum Gasteiger partial charge on any atom is -0.447 e. The summed E-state index contributed by atoms with van der Waals surface area (Å²) in [6.45, 7) is 1.92. The van der Waals surface area contributed by atoms with Crippen molar-refractivity contribution in [3.05, 3.63) is 28.8 Å². The van der Waals surface area contributed by atoms with E-state index in [2.05, 4.69) is 15.4 Å². The van der Waals surface area contributed by atoms with Crippen LogP contribution in [0.4, 0.5) is 10.5 Å². The van der Waals surface area contributed by atoms with Crippen molar-refractivity contribution in [1.82, 2.24) is 5.32 Å². The third-order valence-electron chi connectivity index (χ3n) is 2.43. The number of alkyl carbamates (subject to hydrolysis) is 1. The van der Waals surface area contributed by atoms with E-state index in [0.717, 1.165) is 5.56 Å². The summed E-state index contributed by atoms with van der Waals surface area (Å²) in [6.07, 6.45) is -0.577. The van der Waals surface area contributed by atoms with Gasteiger partial charge in [0, 0.05) is 10.7 Å². The van der Waals surface area contributed by atoms with Crippen molar-refractivity contribution in [3.8, 4) is 0 Å². The van der Waals surface area contributed by atoms with Crippen LogP contribution >= 0.6 is 11.6 Å². The van der Waals surface area contributed by atoms with E-state index in [4.69, 9.17) is 11.6 Å². The number of carbonyl (C=O) groups is 2. The van der Waals surface area contributed by atoms with Gasteiger partial charge in [-0.25, -0.2) is 4.79 Å². The molecule has 1 aromatic rings. The Bertz CT molecular complexity index is 476. The number of rotatable bonds is 2. The lowest BCUT2D eigenvalue weighted by atomic mass is 10.2. The monoisotopic (exact) mass is 254 g/mol. The number of amides is 2. The fourth-order valence-corrected chi connectivity index (χ4v) is 1.61. The van der Waals surface area contributed by atoms with Gasteiger partial charge < -0.3 is 15.4 Å². The molecule has 0 spiro atoms. The first-order valence-corrected chi connectivity index (χ1v) is 5.44. The van der Waals surface area contributed by atoms with E-state index in [1.54, 1.807) is 12.1 Å². The van der Waals surface area contributed by atoms with Gasteiger partial charge in [-0.2, -0.15) is 0 Å². The number of benzene rings is 1. The van der Waals surface area contributed by atoms with Crippen LogP contribution in [0.3, 0.4) is 0 Å². The van der Waals surface area contributed by atoms with Gasteiger partial charge in [0.1, 0.15) is 12.6 Å². The van der Waals surface area contributed by atoms with Crippen LogP contribution < -0.4 is 10.6 Å². The molecule has 2 amide bonds. The molecule has 17 heavy (non-hydrogen) atoms. The maximum Gasteiger partial charge on any atom is 0.407 e. The molecule has 2 N–H and O–H groups in total. The standard InChI is InChI=1S/C11H11ClN2O3/c1-6-2-3-7(4-8(6)12)13-10(15)9-5-17-11(16)14-9/h2-4,9H,5H2,1H3,(H,13,15)(H,14,16). The summed E-state index contributed by atoms with van der Waals surface area (Å²) in [5.74, 6) is -0.323. The number of anilines is 1. The van der Waals surface area contributed by atoms with E-state index in [0.29, 0.717) is 10.7 Å². The van der Waals surface area contributed by atoms with Crippen LogP contribution in [0, 0.1) is 6.92 Å². The number of carbonyl (C=O) groups excluding carboxylic acids is 2. The molecule has 1 fully saturated rings. The Hall–Kier alpha value is -1.75. The van der Waals surface area contributed by atoms with Gasteiger partial charge in [0.05, 0.1) is 0 Å². The van der Waals surface area contributed by atoms with Crippen LogP contribution in [0.2, 0.25) is 5.02 Å². The highest BCUT2D eigenvalue weighted by molar-refractivity contribution is 6.31. The van der Waals surface area contributed by atoms with E-state index in [1.165, 1.54) is 0 Å². The van der Waals surface area contributed by atoms with Gasteiger partial charge in [0.15, 0.2) is 0 Å². The highest BCUT2D eigenvalue weighted by Gasteiger charge is 2.28. The SMILES string of the molecule is Cc1ccc(NC(=O)C2COC(=O)N2)cc1Cl. The quantitative estimate of drug-likeness (QED) is 0.844. The molecule has 0 aromatic heterocycles. The summed E-state index contributed by atoms with van der Waals surface area (Å²) in [5, 5.41) is 5.63. The molecular weight excluding hydrogens is 244 g/mol. The van der Waals surface area contributed by atoms with Crippen LogP contribution in [-0.2, 0) is 9.53 Å². The van der Waals surface area contributed by atoms with Crippen molar-refractivity contribution in [2.45, 2.75) is 13.0 Å². The molecule has 1 aliphatic heterocycles. The Kier molecular flexibility index (Phi) is 3.19. The molecule has 6 heteroatoms. The van der Waals surface area contributed by atoms with Crippen molar-refractivity contribution >= 4 is 29.3 Å².